The number of likely N-dealkylation sites (tertiary alicyclic amines) is 1. The highest BCUT2D eigenvalue weighted by Crippen LogP contribution is 2.55. The highest BCUT2D eigenvalue weighted by atomic mass is 32.2. The first-order chi connectivity index (χ1) is 12.3. The Hall–Kier alpha value is -1.98. The molecule has 0 N–H and O–H groups in total. The number of hydrogen-bond acceptors (Lipinski definition) is 4. The van der Waals surface area contributed by atoms with Gasteiger partial charge in [0.15, 0.2) is 0 Å². The number of carbonyl (C=O) groups is 2. The second-order valence-corrected chi connectivity index (χ2v) is 6.78. The van der Waals surface area contributed by atoms with Gasteiger partial charge >= 0.3 is 23.3 Å². The minimum Gasteiger partial charge on any atom is -0.467 e. The van der Waals surface area contributed by atoms with Gasteiger partial charge in [-0.3, -0.25) is 4.79 Å². The maximum atomic E-state index is 13.8. The van der Waals surface area contributed by atoms with E-state index >= 15 is 0 Å². The van der Waals surface area contributed by atoms with Crippen LogP contribution in [0.5, 0.6) is 0 Å². The molecule has 1 saturated heterocycles. The van der Waals surface area contributed by atoms with E-state index in [1.165, 1.54) is 0 Å². The summed E-state index contributed by atoms with van der Waals surface area (Å²) in [5.41, 5.74) is -0.277. The number of ether oxygens (including phenoxy) is 1. The number of thioether (sulfide) groups is 1. The first-order valence-electron chi connectivity index (χ1n) is 7.32. The molecule has 27 heavy (non-hydrogen) atoms. The average Bonchev–Trinajstić information content (AvgIpc) is 2.51. The van der Waals surface area contributed by atoms with Gasteiger partial charge in [-0.1, -0.05) is 17.8 Å². The molecule has 0 radical (unpaired) electrons. The van der Waals surface area contributed by atoms with Crippen molar-refractivity contribution in [3.63, 3.8) is 0 Å². The van der Waals surface area contributed by atoms with Gasteiger partial charge in [-0.2, -0.15) is 26.3 Å². The van der Waals surface area contributed by atoms with E-state index in [1.807, 2.05) is 0 Å². The fourth-order valence-corrected chi connectivity index (χ4v) is 3.20. The second-order valence-electron chi connectivity index (χ2n) is 5.55. The zero-order chi connectivity index (χ0) is 20.6. The van der Waals surface area contributed by atoms with E-state index in [0.29, 0.717) is 12.5 Å². The molecule has 1 atom stereocenters. The Kier molecular flexibility index (Phi) is 5.69. The summed E-state index contributed by atoms with van der Waals surface area (Å²) in [6.07, 6.45) is -12.1. The summed E-state index contributed by atoms with van der Waals surface area (Å²) < 4.78 is 94.4. The van der Waals surface area contributed by atoms with Crippen LogP contribution in [0, 0.1) is 0 Å². The number of hydrogen-bond donors (Lipinski definition) is 0. The van der Waals surface area contributed by atoms with Crippen molar-refractivity contribution < 1.29 is 45.1 Å². The van der Waals surface area contributed by atoms with Crippen LogP contribution in [0.15, 0.2) is 29.2 Å². The smallest absolute Gasteiger partial charge is 0.441 e. The molecule has 12 heteroatoms. The molecule has 4 nitrogen and oxygen atoms in total. The molecule has 0 saturated carbocycles. The maximum Gasteiger partial charge on any atom is 0.441 e. The Balaban J connectivity index is 2.27. The van der Waals surface area contributed by atoms with E-state index in [0.717, 1.165) is 30.2 Å². The molecule has 0 aliphatic carbocycles. The van der Waals surface area contributed by atoms with E-state index < -0.39 is 51.9 Å². The third kappa shape index (κ3) is 3.99. The van der Waals surface area contributed by atoms with Gasteiger partial charge in [0.2, 0.25) is 0 Å². The highest BCUT2D eigenvalue weighted by Gasteiger charge is 2.73. The second kappa shape index (κ2) is 7.21. The summed E-state index contributed by atoms with van der Waals surface area (Å²) in [6, 6.07) is 2.81. The zero-order valence-corrected chi connectivity index (χ0v) is 14.3. The molecule has 1 amide bonds. The number of amides is 1. The van der Waals surface area contributed by atoms with Crippen molar-refractivity contribution in [3.05, 3.63) is 29.8 Å². The highest BCUT2D eigenvalue weighted by molar-refractivity contribution is 8.00. The fraction of sp³-hybridized carbons (Fsp3) is 0.467. The number of alkyl halides is 7. The molecule has 1 heterocycles. The summed E-state index contributed by atoms with van der Waals surface area (Å²) in [5, 5.41) is -5.53. The Labute approximate surface area is 152 Å². The van der Waals surface area contributed by atoms with Crippen LogP contribution in [0.3, 0.4) is 0 Å². The van der Waals surface area contributed by atoms with Crippen molar-refractivity contribution in [3.8, 4) is 0 Å². The predicted molar refractivity (Wildman–Crippen MR) is 79.7 cm³/mol. The average molecular weight is 419 g/mol. The first kappa shape index (κ1) is 21.3. The normalized spacial score (nSPS) is 18.1. The number of methoxy groups -OCH3 is 1. The molecule has 0 bridgehead atoms. The van der Waals surface area contributed by atoms with Gasteiger partial charge in [-0.05, 0) is 24.6 Å². The molecule has 0 aromatic heterocycles. The Bertz CT molecular complexity index is 721. The molecule has 150 valence electrons. The molecule has 2 rings (SSSR count). The van der Waals surface area contributed by atoms with Crippen LogP contribution < -0.4 is 0 Å². The lowest BCUT2D eigenvalue weighted by Gasteiger charge is -2.38. The van der Waals surface area contributed by atoms with Crippen molar-refractivity contribution in [1.29, 1.82) is 0 Å². The van der Waals surface area contributed by atoms with E-state index in [1.54, 1.807) is 0 Å². The van der Waals surface area contributed by atoms with Crippen LogP contribution in [0.4, 0.5) is 30.7 Å². The molecule has 1 unspecified atom stereocenters. The predicted octanol–water partition coefficient (Wildman–Crippen LogP) is 3.96. The summed E-state index contributed by atoms with van der Waals surface area (Å²) >= 11 is -1.09. The number of nitrogens with zero attached hydrogens (tertiary/aromatic N) is 1. The van der Waals surface area contributed by atoms with Crippen LogP contribution in [0.2, 0.25) is 0 Å². The third-order valence-corrected chi connectivity index (χ3v) is 5.06. The first-order valence-corrected chi connectivity index (χ1v) is 8.13. The minimum absolute atomic E-state index is 0.161. The Morgan fingerprint density at radius 1 is 1.11 bits per heavy atom. The number of carbonyl (C=O) groups excluding carboxylic acids is 2. The van der Waals surface area contributed by atoms with E-state index in [4.69, 9.17) is 0 Å². The van der Waals surface area contributed by atoms with Gasteiger partial charge in [0.1, 0.15) is 6.04 Å². The minimum atomic E-state index is -6.22. The molecule has 0 spiro atoms. The van der Waals surface area contributed by atoms with E-state index in [2.05, 4.69) is 4.74 Å². The fourth-order valence-electron chi connectivity index (χ4n) is 2.31. The summed E-state index contributed by atoms with van der Waals surface area (Å²) in [5.74, 6) is -1.49. The topological polar surface area (TPSA) is 46.6 Å². The molecule has 1 aromatic rings. The van der Waals surface area contributed by atoms with Gasteiger partial charge < -0.3 is 9.64 Å². The summed E-state index contributed by atoms with van der Waals surface area (Å²) in [7, 11) is 1.11. The zero-order valence-electron chi connectivity index (χ0n) is 13.5. The Morgan fingerprint density at radius 2 is 1.70 bits per heavy atom. The van der Waals surface area contributed by atoms with E-state index in [9.17, 15) is 40.3 Å². The summed E-state index contributed by atoms with van der Waals surface area (Å²) in [6.45, 7) is 0.161. The van der Waals surface area contributed by atoms with Crippen LogP contribution in [-0.2, 0) is 9.53 Å². The van der Waals surface area contributed by atoms with Crippen molar-refractivity contribution >= 4 is 23.6 Å². The van der Waals surface area contributed by atoms with Gasteiger partial charge in [0, 0.05) is 17.0 Å². The van der Waals surface area contributed by atoms with E-state index in [-0.39, 0.29) is 12.1 Å². The number of esters is 1. The van der Waals surface area contributed by atoms with Crippen molar-refractivity contribution in [2.75, 3.05) is 13.7 Å². The number of rotatable bonds is 4. The SMILES string of the molecule is COC(=O)C1CCN1C(=O)c1cccc(SC(F)(C(F)(F)F)C(F)(F)F)c1. The quantitative estimate of drug-likeness (QED) is 0.421. The third-order valence-electron chi connectivity index (χ3n) is 3.82. The largest absolute Gasteiger partial charge is 0.467 e. The monoisotopic (exact) mass is 419 g/mol. The lowest BCUT2D eigenvalue weighted by Crippen LogP contribution is -2.55. The summed E-state index contributed by atoms with van der Waals surface area (Å²) in [4.78, 5) is 24.2. The molecule has 1 aliphatic rings. The standard InChI is InChI=1S/C15H12F7NO3S/c1-26-12(25)10-5-6-23(10)11(24)8-3-2-4-9(7-8)27-13(16,14(17,18)19)15(20,21)22/h2-4,7,10H,5-6H2,1H3. The Morgan fingerprint density at radius 3 is 2.15 bits per heavy atom. The molecule has 1 fully saturated rings. The molecule has 1 aliphatic heterocycles. The van der Waals surface area contributed by atoms with Crippen LogP contribution in [-0.4, -0.2) is 53.8 Å². The molecular weight excluding hydrogens is 407 g/mol. The van der Waals surface area contributed by atoms with Crippen molar-refractivity contribution in [1.82, 2.24) is 4.90 Å². The van der Waals surface area contributed by atoms with Crippen LogP contribution in [0.1, 0.15) is 16.8 Å². The number of halogens is 7. The molecule has 1 aromatic carbocycles. The van der Waals surface area contributed by atoms with Crippen molar-refractivity contribution in [2.45, 2.75) is 34.7 Å². The lowest BCUT2D eigenvalue weighted by atomic mass is 10.0. The van der Waals surface area contributed by atoms with Crippen molar-refractivity contribution in [2.24, 2.45) is 0 Å². The van der Waals surface area contributed by atoms with Crippen LogP contribution >= 0.6 is 11.8 Å². The van der Waals surface area contributed by atoms with Gasteiger partial charge in [-0.15, -0.1) is 0 Å². The maximum absolute atomic E-state index is 13.8. The molecular formula is C15H12F7NO3S. The van der Waals surface area contributed by atoms with Crippen LogP contribution in [0.25, 0.3) is 0 Å². The lowest BCUT2D eigenvalue weighted by molar-refractivity contribution is -0.302. The van der Waals surface area contributed by atoms with Gasteiger partial charge in [0.25, 0.3) is 5.91 Å². The number of benzene rings is 1. The van der Waals surface area contributed by atoms with Gasteiger partial charge in [0.05, 0.1) is 7.11 Å². The van der Waals surface area contributed by atoms with Gasteiger partial charge in [-0.25, -0.2) is 9.18 Å².